The summed E-state index contributed by atoms with van der Waals surface area (Å²) in [5.74, 6) is -0.0243. The zero-order valence-electron chi connectivity index (χ0n) is 11.1. The fraction of sp³-hybridized carbons (Fsp3) is 0.500. The number of halogens is 3. The van der Waals surface area contributed by atoms with Crippen LogP contribution in [0.2, 0.25) is 0 Å². The Bertz CT molecular complexity index is 661. The van der Waals surface area contributed by atoms with E-state index in [0.29, 0.717) is 6.07 Å². The van der Waals surface area contributed by atoms with Crippen LogP contribution in [0.25, 0.3) is 0 Å². The van der Waals surface area contributed by atoms with Crippen LogP contribution in [0, 0.1) is 6.92 Å². The number of hydrogen-bond donors (Lipinski definition) is 0. The molecule has 0 spiro atoms. The second kappa shape index (κ2) is 5.38. The predicted octanol–water partition coefficient (Wildman–Crippen LogP) is 1.76. The fourth-order valence-electron chi connectivity index (χ4n) is 2.09. The summed E-state index contributed by atoms with van der Waals surface area (Å²) in [5, 5.41) is 0. The summed E-state index contributed by atoms with van der Waals surface area (Å²) >= 11 is 0. The number of nitrogens with zero attached hydrogens (tertiary/aromatic N) is 2. The lowest BCUT2D eigenvalue weighted by Gasteiger charge is -2.25. The molecule has 0 radical (unpaired) electrons. The number of aromatic nitrogens is 1. The Morgan fingerprint density at radius 3 is 2.24 bits per heavy atom. The zero-order chi connectivity index (χ0) is 15.8. The Labute approximate surface area is 119 Å². The van der Waals surface area contributed by atoms with Gasteiger partial charge in [-0.15, -0.1) is 0 Å². The number of piperidine rings is 1. The van der Waals surface area contributed by atoms with Gasteiger partial charge in [0.05, 0.1) is 5.69 Å². The van der Waals surface area contributed by atoms with E-state index in [9.17, 15) is 26.4 Å². The molecule has 116 valence electrons. The highest BCUT2D eigenvalue weighted by Gasteiger charge is 2.35. The van der Waals surface area contributed by atoms with Crippen molar-refractivity contribution in [3.63, 3.8) is 0 Å². The Kier molecular flexibility index (Phi) is 4.07. The molecule has 2 heterocycles. The molecule has 1 aromatic rings. The molecule has 1 aliphatic rings. The molecule has 0 unspecified atom stereocenters. The third-order valence-corrected chi connectivity index (χ3v) is 5.26. The van der Waals surface area contributed by atoms with Gasteiger partial charge in [-0.05, 0) is 19.1 Å². The van der Waals surface area contributed by atoms with Gasteiger partial charge >= 0.3 is 6.18 Å². The number of alkyl halides is 3. The maximum atomic E-state index is 12.5. The van der Waals surface area contributed by atoms with Crippen LogP contribution in [0.15, 0.2) is 17.0 Å². The number of pyridine rings is 1. The Morgan fingerprint density at radius 1 is 1.19 bits per heavy atom. The van der Waals surface area contributed by atoms with E-state index >= 15 is 0 Å². The van der Waals surface area contributed by atoms with E-state index in [0.717, 1.165) is 10.4 Å². The highest BCUT2D eigenvalue weighted by atomic mass is 32.2. The average Bonchev–Trinajstić information content (AvgIpc) is 2.37. The van der Waals surface area contributed by atoms with Gasteiger partial charge in [0.1, 0.15) is 16.4 Å². The number of rotatable bonds is 2. The molecule has 0 aromatic carbocycles. The van der Waals surface area contributed by atoms with Crippen LogP contribution in [-0.4, -0.2) is 36.6 Å². The molecule has 1 fully saturated rings. The van der Waals surface area contributed by atoms with Crippen molar-refractivity contribution >= 4 is 15.8 Å². The molecular formula is C12H13F3N2O3S. The molecule has 1 aliphatic heterocycles. The summed E-state index contributed by atoms with van der Waals surface area (Å²) in [4.78, 5) is 14.2. The largest absolute Gasteiger partial charge is 0.433 e. The maximum Gasteiger partial charge on any atom is 0.433 e. The van der Waals surface area contributed by atoms with Gasteiger partial charge in [0.25, 0.3) is 0 Å². The number of carbonyl (C=O) groups is 1. The van der Waals surface area contributed by atoms with Crippen molar-refractivity contribution in [3.8, 4) is 0 Å². The third-order valence-electron chi connectivity index (χ3n) is 3.23. The third kappa shape index (κ3) is 3.24. The standard InChI is InChI=1S/C12H13F3N2O3S/c1-8-10(2-3-11(16-8)12(13,14)15)21(19,20)17-6-4-9(18)5-7-17/h2-3H,4-7H2,1H3. The Hall–Kier alpha value is -1.48. The van der Waals surface area contributed by atoms with E-state index in [1.165, 1.54) is 6.92 Å². The monoisotopic (exact) mass is 322 g/mol. The first kappa shape index (κ1) is 15.9. The molecule has 0 saturated carbocycles. The molecule has 0 aliphatic carbocycles. The van der Waals surface area contributed by atoms with E-state index in [-0.39, 0.29) is 42.3 Å². The van der Waals surface area contributed by atoms with Gasteiger partial charge in [-0.2, -0.15) is 17.5 Å². The van der Waals surface area contributed by atoms with Crippen LogP contribution in [0.3, 0.4) is 0 Å². The molecule has 5 nitrogen and oxygen atoms in total. The summed E-state index contributed by atoms with van der Waals surface area (Å²) in [6.45, 7) is 1.31. The van der Waals surface area contributed by atoms with Crippen molar-refractivity contribution in [3.05, 3.63) is 23.5 Å². The average molecular weight is 322 g/mol. The Balaban J connectivity index is 2.35. The lowest BCUT2D eigenvalue weighted by Crippen LogP contribution is -2.39. The van der Waals surface area contributed by atoms with Gasteiger partial charge < -0.3 is 0 Å². The number of ketones is 1. The second-order valence-electron chi connectivity index (χ2n) is 4.72. The lowest BCUT2D eigenvalue weighted by atomic mass is 10.1. The number of Topliss-reactive ketones (excluding diaryl/α,β-unsaturated/α-hetero) is 1. The second-order valence-corrected chi connectivity index (χ2v) is 6.63. The summed E-state index contributed by atoms with van der Waals surface area (Å²) in [6, 6.07) is 1.56. The minimum absolute atomic E-state index is 0.0243. The minimum atomic E-state index is -4.62. The molecule has 9 heteroatoms. The van der Waals surface area contributed by atoms with Gasteiger partial charge in [0.15, 0.2) is 0 Å². The van der Waals surface area contributed by atoms with Crippen LogP contribution in [-0.2, 0) is 21.0 Å². The summed E-state index contributed by atoms with van der Waals surface area (Å²) in [7, 11) is -3.93. The first-order chi connectivity index (χ1) is 9.62. The van der Waals surface area contributed by atoms with E-state index in [1.54, 1.807) is 0 Å². The SMILES string of the molecule is Cc1nc(C(F)(F)F)ccc1S(=O)(=O)N1CCC(=O)CC1. The van der Waals surface area contributed by atoms with Crippen LogP contribution in [0.1, 0.15) is 24.2 Å². The number of aryl methyl sites for hydroxylation is 1. The quantitative estimate of drug-likeness (QED) is 0.832. The summed E-state index contributed by atoms with van der Waals surface area (Å²) < 4.78 is 63.4. The Morgan fingerprint density at radius 2 is 1.76 bits per heavy atom. The van der Waals surface area contributed by atoms with Gasteiger partial charge in [-0.3, -0.25) is 4.79 Å². The van der Waals surface area contributed by atoms with Gasteiger partial charge in [0, 0.05) is 25.9 Å². The van der Waals surface area contributed by atoms with Crippen molar-refractivity contribution in [1.82, 2.24) is 9.29 Å². The molecule has 0 bridgehead atoms. The van der Waals surface area contributed by atoms with Crippen LogP contribution in [0.5, 0.6) is 0 Å². The molecule has 2 rings (SSSR count). The molecule has 0 N–H and O–H groups in total. The van der Waals surface area contributed by atoms with E-state index in [2.05, 4.69) is 4.98 Å². The maximum absolute atomic E-state index is 12.5. The van der Waals surface area contributed by atoms with Crippen LogP contribution in [0.4, 0.5) is 13.2 Å². The first-order valence-electron chi connectivity index (χ1n) is 6.19. The highest BCUT2D eigenvalue weighted by Crippen LogP contribution is 2.30. The van der Waals surface area contributed by atoms with Crippen molar-refractivity contribution < 1.29 is 26.4 Å². The first-order valence-corrected chi connectivity index (χ1v) is 7.63. The summed E-state index contributed by atoms with van der Waals surface area (Å²) in [6.07, 6.45) is -4.39. The van der Waals surface area contributed by atoms with Gasteiger partial charge in [-0.1, -0.05) is 0 Å². The molecule has 0 amide bonds. The van der Waals surface area contributed by atoms with E-state index < -0.39 is 21.9 Å². The van der Waals surface area contributed by atoms with Crippen LogP contribution < -0.4 is 0 Å². The minimum Gasteiger partial charge on any atom is -0.300 e. The highest BCUT2D eigenvalue weighted by molar-refractivity contribution is 7.89. The molecule has 0 atom stereocenters. The van der Waals surface area contributed by atoms with Crippen molar-refractivity contribution in [2.75, 3.05) is 13.1 Å². The van der Waals surface area contributed by atoms with Gasteiger partial charge in [-0.25, -0.2) is 13.4 Å². The zero-order valence-corrected chi connectivity index (χ0v) is 12.0. The number of hydrogen-bond acceptors (Lipinski definition) is 4. The van der Waals surface area contributed by atoms with Gasteiger partial charge in [0.2, 0.25) is 10.0 Å². The smallest absolute Gasteiger partial charge is 0.300 e. The molecule has 21 heavy (non-hydrogen) atoms. The molecule has 1 aromatic heterocycles. The summed E-state index contributed by atoms with van der Waals surface area (Å²) in [5.41, 5.74) is -1.34. The predicted molar refractivity (Wildman–Crippen MR) is 67.0 cm³/mol. The number of carbonyl (C=O) groups excluding carboxylic acids is 1. The normalized spacial score (nSPS) is 18.0. The van der Waals surface area contributed by atoms with E-state index in [1.807, 2.05) is 0 Å². The molecular weight excluding hydrogens is 309 g/mol. The fourth-order valence-corrected chi connectivity index (χ4v) is 3.69. The number of sulfonamides is 1. The van der Waals surface area contributed by atoms with E-state index in [4.69, 9.17) is 0 Å². The topological polar surface area (TPSA) is 67.3 Å². The molecule has 1 saturated heterocycles. The van der Waals surface area contributed by atoms with Crippen molar-refractivity contribution in [2.45, 2.75) is 30.8 Å². The van der Waals surface area contributed by atoms with Crippen molar-refractivity contribution in [2.24, 2.45) is 0 Å². The van der Waals surface area contributed by atoms with Crippen LogP contribution >= 0.6 is 0 Å². The lowest BCUT2D eigenvalue weighted by molar-refractivity contribution is -0.141. The van der Waals surface area contributed by atoms with Crippen molar-refractivity contribution in [1.29, 1.82) is 0 Å².